The van der Waals surface area contributed by atoms with E-state index in [-0.39, 0.29) is 11.9 Å². The maximum Gasteiger partial charge on any atom is 0.227 e. The van der Waals surface area contributed by atoms with Gasteiger partial charge in [0.25, 0.3) is 0 Å². The van der Waals surface area contributed by atoms with Gasteiger partial charge in [-0.25, -0.2) is 0 Å². The molecule has 1 saturated heterocycles. The zero-order valence-corrected chi connectivity index (χ0v) is 16.6. The molecular formula is C21H28N2O4. The summed E-state index contributed by atoms with van der Waals surface area (Å²) in [4.78, 5) is 15.1. The minimum Gasteiger partial charge on any atom is -0.493 e. The topological polar surface area (TPSA) is 64.8 Å². The summed E-state index contributed by atoms with van der Waals surface area (Å²) in [6.45, 7) is 4.83. The van der Waals surface area contributed by atoms with E-state index in [4.69, 9.17) is 14.0 Å². The predicted molar refractivity (Wildman–Crippen MR) is 102 cm³/mol. The fraction of sp³-hybridized carbons (Fsp3) is 0.524. The van der Waals surface area contributed by atoms with E-state index in [1.165, 1.54) is 0 Å². The Morgan fingerprint density at radius 2 is 2.00 bits per heavy atom. The van der Waals surface area contributed by atoms with Crippen LogP contribution in [0.5, 0.6) is 11.5 Å². The third-order valence-corrected chi connectivity index (χ3v) is 5.30. The summed E-state index contributed by atoms with van der Waals surface area (Å²) in [5, 5.41) is 4.13. The number of ether oxygens (including phenoxy) is 2. The number of benzene rings is 1. The van der Waals surface area contributed by atoms with Crippen LogP contribution in [0.15, 0.2) is 22.7 Å². The molecule has 1 aliphatic heterocycles. The van der Waals surface area contributed by atoms with Crippen molar-refractivity contribution >= 4 is 5.91 Å². The SMILES string of the molecule is CCc1noc(CC)c1CC(=O)N1CCCC1c1ccc(OC)c(OC)c1. The summed E-state index contributed by atoms with van der Waals surface area (Å²) in [7, 11) is 3.25. The van der Waals surface area contributed by atoms with E-state index < -0.39 is 0 Å². The van der Waals surface area contributed by atoms with Gasteiger partial charge in [-0.1, -0.05) is 25.1 Å². The highest BCUT2D eigenvalue weighted by molar-refractivity contribution is 5.80. The quantitative estimate of drug-likeness (QED) is 0.741. The summed E-state index contributed by atoms with van der Waals surface area (Å²) in [6, 6.07) is 5.96. The summed E-state index contributed by atoms with van der Waals surface area (Å²) in [5.74, 6) is 2.33. The largest absolute Gasteiger partial charge is 0.493 e. The first-order valence-electron chi connectivity index (χ1n) is 9.60. The van der Waals surface area contributed by atoms with Crippen LogP contribution in [0.3, 0.4) is 0 Å². The summed E-state index contributed by atoms with van der Waals surface area (Å²) in [6.07, 6.45) is 3.81. The van der Waals surface area contributed by atoms with Crippen LogP contribution >= 0.6 is 0 Å². The molecule has 2 aromatic rings. The zero-order chi connectivity index (χ0) is 19.4. The molecule has 1 aromatic heterocycles. The normalized spacial score (nSPS) is 16.6. The first-order valence-corrected chi connectivity index (χ1v) is 9.60. The molecule has 0 radical (unpaired) electrons. The molecule has 0 aliphatic carbocycles. The third-order valence-electron chi connectivity index (χ3n) is 5.30. The van der Waals surface area contributed by atoms with Gasteiger partial charge in [0, 0.05) is 18.5 Å². The van der Waals surface area contributed by atoms with Crippen molar-refractivity contribution in [3.05, 3.63) is 40.8 Å². The van der Waals surface area contributed by atoms with E-state index in [0.717, 1.165) is 54.8 Å². The molecule has 0 N–H and O–H groups in total. The lowest BCUT2D eigenvalue weighted by atomic mass is 10.0. The molecule has 27 heavy (non-hydrogen) atoms. The highest BCUT2D eigenvalue weighted by Gasteiger charge is 2.31. The minimum absolute atomic E-state index is 0.0623. The van der Waals surface area contributed by atoms with Gasteiger partial charge in [0.05, 0.1) is 32.4 Å². The van der Waals surface area contributed by atoms with E-state index in [9.17, 15) is 4.79 Å². The smallest absolute Gasteiger partial charge is 0.227 e. The highest BCUT2D eigenvalue weighted by atomic mass is 16.5. The molecule has 146 valence electrons. The van der Waals surface area contributed by atoms with Gasteiger partial charge in [-0.15, -0.1) is 0 Å². The zero-order valence-electron chi connectivity index (χ0n) is 16.6. The summed E-state index contributed by atoms with van der Waals surface area (Å²) >= 11 is 0. The predicted octanol–water partition coefficient (Wildman–Crippen LogP) is 3.72. The average molecular weight is 372 g/mol. The van der Waals surface area contributed by atoms with Gasteiger partial charge in [0.2, 0.25) is 5.91 Å². The van der Waals surface area contributed by atoms with Gasteiger partial charge in [-0.05, 0) is 37.0 Å². The number of carbonyl (C=O) groups is 1. The van der Waals surface area contributed by atoms with Gasteiger partial charge in [-0.3, -0.25) is 4.79 Å². The molecule has 0 spiro atoms. The number of aromatic nitrogens is 1. The molecule has 2 heterocycles. The van der Waals surface area contributed by atoms with Crippen molar-refractivity contribution in [1.82, 2.24) is 10.1 Å². The second-order valence-electron chi connectivity index (χ2n) is 6.77. The molecule has 6 nitrogen and oxygen atoms in total. The number of carbonyl (C=O) groups excluding carboxylic acids is 1. The van der Waals surface area contributed by atoms with Gasteiger partial charge in [0.15, 0.2) is 11.5 Å². The van der Waals surface area contributed by atoms with Crippen molar-refractivity contribution in [3.8, 4) is 11.5 Å². The Bertz CT molecular complexity index is 778. The van der Waals surface area contributed by atoms with Crippen molar-refractivity contribution in [2.45, 2.75) is 52.0 Å². The Kier molecular flexibility index (Phi) is 6.04. The monoisotopic (exact) mass is 372 g/mol. The molecule has 1 fully saturated rings. The summed E-state index contributed by atoms with van der Waals surface area (Å²) < 4.78 is 16.2. The number of hydrogen-bond donors (Lipinski definition) is 0. The molecule has 0 bridgehead atoms. The first-order chi connectivity index (χ1) is 13.1. The second-order valence-corrected chi connectivity index (χ2v) is 6.77. The number of methoxy groups -OCH3 is 2. The maximum absolute atomic E-state index is 13.1. The van der Waals surface area contributed by atoms with Gasteiger partial charge in [0.1, 0.15) is 5.76 Å². The minimum atomic E-state index is 0.0623. The van der Waals surface area contributed by atoms with Crippen molar-refractivity contribution in [3.63, 3.8) is 0 Å². The number of nitrogens with zero attached hydrogens (tertiary/aromatic N) is 2. The van der Waals surface area contributed by atoms with E-state index in [0.29, 0.717) is 17.9 Å². The second kappa shape index (κ2) is 8.46. The molecule has 1 aliphatic rings. The Balaban J connectivity index is 1.82. The first kappa shape index (κ1) is 19.3. The van der Waals surface area contributed by atoms with Gasteiger partial charge in [-0.2, -0.15) is 0 Å². The number of hydrogen-bond acceptors (Lipinski definition) is 5. The van der Waals surface area contributed by atoms with Gasteiger partial charge < -0.3 is 18.9 Å². The fourth-order valence-electron chi connectivity index (χ4n) is 3.86. The number of aryl methyl sites for hydroxylation is 2. The van der Waals surface area contributed by atoms with Crippen molar-refractivity contribution in [1.29, 1.82) is 0 Å². The van der Waals surface area contributed by atoms with Crippen LogP contribution in [0.4, 0.5) is 0 Å². The van der Waals surface area contributed by atoms with Crippen molar-refractivity contribution in [2.24, 2.45) is 0 Å². The molecule has 1 unspecified atom stereocenters. The summed E-state index contributed by atoms with van der Waals surface area (Å²) in [5.41, 5.74) is 2.93. The number of amides is 1. The van der Waals surface area contributed by atoms with Crippen molar-refractivity contribution in [2.75, 3.05) is 20.8 Å². The van der Waals surface area contributed by atoms with Crippen LogP contribution in [-0.4, -0.2) is 36.7 Å². The Morgan fingerprint density at radius 3 is 2.67 bits per heavy atom. The van der Waals surface area contributed by atoms with Crippen LogP contribution in [0, 0.1) is 0 Å². The van der Waals surface area contributed by atoms with Crippen LogP contribution in [0.2, 0.25) is 0 Å². The van der Waals surface area contributed by atoms with E-state index in [1.54, 1.807) is 14.2 Å². The van der Waals surface area contributed by atoms with Crippen LogP contribution < -0.4 is 9.47 Å². The molecule has 1 amide bonds. The van der Waals surface area contributed by atoms with Crippen LogP contribution in [0.25, 0.3) is 0 Å². The lowest BCUT2D eigenvalue weighted by molar-refractivity contribution is -0.131. The van der Waals surface area contributed by atoms with Gasteiger partial charge >= 0.3 is 0 Å². The highest BCUT2D eigenvalue weighted by Crippen LogP contribution is 2.37. The van der Waals surface area contributed by atoms with Crippen LogP contribution in [-0.2, 0) is 24.1 Å². The van der Waals surface area contributed by atoms with E-state index in [1.807, 2.05) is 36.9 Å². The van der Waals surface area contributed by atoms with E-state index in [2.05, 4.69) is 5.16 Å². The molecule has 1 atom stereocenters. The fourth-order valence-corrected chi connectivity index (χ4v) is 3.86. The Morgan fingerprint density at radius 1 is 1.22 bits per heavy atom. The molecule has 6 heteroatoms. The molecule has 0 saturated carbocycles. The maximum atomic E-state index is 13.1. The number of rotatable bonds is 7. The molecule has 1 aromatic carbocycles. The van der Waals surface area contributed by atoms with Crippen molar-refractivity contribution < 1.29 is 18.8 Å². The van der Waals surface area contributed by atoms with E-state index >= 15 is 0 Å². The molecule has 3 rings (SSSR count). The lowest BCUT2D eigenvalue weighted by Crippen LogP contribution is -2.32. The number of likely N-dealkylation sites (tertiary alicyclic amines) is 1. The van der Waals surface area contributed by atoms with Crippen LogP contribution in [0.1, 0.15) is 55.3 Å². The standard InChI is InChI=1S/C21H28N2O4/c1-5-16-15(18(6-2)27-22-16)13-21(24)23-11-7-8-17(23)14-9-10-19(25-3)20(12-14)26-4/h9-10,12,17H,5-8,11,13H2,1-4H3. The Labute approximate surface area is 160 Å². The Hall–Kier alpha value is -2.50. The third kappa shape index (κ3) is 3.80. The average Bonchev–Trinajstić information content (AvgIpc) is 3.34. The molecular weight excluding hydrogens is 344 g/mol. The lowest BCUT2D eigenvalue weighted by Gasteiger charge is -2.26.